The molecule has 2 aromatic rings. The van der Waals surface area contributed by atoms with E-state index in [0.717, 1.165) is 12.0 Å². The molecule has 0 unspecified atom stereocenters. The fraction of sp³-hybridized carbons (Fsp3) is 0.333. The lowest BCUT2D eigenvalue weighted by atomic mass is 9.99. The van der Waals surface area contributed by atoms with Gasteiger partial charge in [0.1, 0.15) is 0 Å². The zero-order valence-corrected chi connectivity index (χ0v) is 15.1. The molecule has 0 aliphatic carbocycles. The Kier molecular flexibility index (Phi) is 6.34. The molecule has 1 amide bonds. The Bertz CT molecular complexity index is 749. The molecule has 2 rings (SSSR count). The summed E-state index contributed by atoms with van der Waals surface area (Å²) in [7, 11) is 0. The standard InChI is InChI=1S/C21H26N2O2/c1-14(2)12-16-5-7-17(8-6-16)20(24)10-11-21(25)23-19-13-18(22)9-4-15(19)3/h4-9,13-14H,10-12,22H2,1-3H3,(H,23,25). The molecular formula is C21H26N2O2. The Hall–Kier alpha value is -2.62. The van der Waals surface area contributed by atoms with Crippen LogP contribution in [0.3, 0.4) is 0 Å². The van der Waals surface area contributed by atoms with Gasteiger partial charge in [-0.1, -0.05) is 44.2 Å². The minimum atomic E-state index is -0.182. The number of nitrogens with two attached hydrogens (primary N) is 1. The van der Waals surface area contributed by atoms with E-state index in [4.69, 9.17) is 5.73 Å². The van der Waals surface area contributed by atoms with E-state index in [2.05, 4.69) is 19.2 Å². The summed E-state index contributed by atoms with van der Waals surface area (Å²) >= 11 is 0. The van der Waals surface area contributed by atoms with Crippen molar-refractivity contribution in [1.29, 1.82) is 0 Å². The maximum atomic E-state index is 12.3. The minimum absolute atomic E-state index is 0.0180. The fourth-order valence-electron chi connectivity index (χ4n) is 2.66. The van der Waals surface area contributed by atoms with Crippen molar-refractivity contribution < 1.29 is 9.59 Å². The minimum Gasteiger partial charge on any atom is -0.399 e. The van der Waals surface area contributed by atoms with Gasteiger partial charge in [-0.3, -0.25) is 9.59 Å². The van der Waals surface area contributed by atoms with Crippen LogP contribution in [-0.2, 0) is 11.2 Å². The van der Waals surface area contributed by atoms with E-state index < -0.39 is 0 Å². The molecule has 0 aliphatic heterocycles. The van der Waals surface area contributed by atoms with Crippen LogP contribution in [-0.4, -0.2) is 11.7 Å². The summed E-state index contributed by atoms with van der Waals surface area (Å²) in [6.45, 7) is 6.23. The van der Waals surface area contributed by atoms with Crippen LogP contribution in [0.25, 0.3) is 0 Å². The predicted molar refractivity (Wildman–Crippen MR) is 103 cm³/mol. The van der Waals surface area contributed by atoms with Crippen LogP contribution in [0.4, 0.5) is 11.4 Å². The molecule has 0 heterocycles. The summed E-state index contributed by atoms with van der Waals surface area (Å²) in [5, 5.41) is 2.82. The van der Waals surface area contributed by atoms with E-state index in [9.17, 15) is 9.59 Å². The lowest BCUT2D eigenvalue weighted by Gasteiger charge is -2.09. The van der Waals surface area contributed by atoms with Gasteiger partial charge in [0.25, 0.3) is 0 Å². The van der Waals surface area contributed by atoms with E-state index >= 15 is 0 Å². The summed E-state index contributed by atoms with van der Waals surface area (Å²) in [5.41, 5.74) is 9.84. The SMILES string of the molecule is Cc1ccc(N)cc1NC(=O)CCC(=O)c1ccc(CC(C)C)cc1. The highest BCUT2D eigenvalue weighted by Gasteiger charge is 2.11. The van der Waals surface area contributed by atoms with Gasteiger partial charge < -0.3 is 11.1 Å². The summed E-state index contributed by atoms with van der Waals surface area (Å²) in [4.78, 5) is 24.3. The van der Waals surface area contributed by atoms with Crippen molar-refractivity contribution >= 4 is 23.1 Å². The van der Waals surface area contributed by atoms with Gasteiger partial charge in [0, 0.05) is 29.8 Å². The summed E-state index contributed by atoms with van der Waals surface area (Å²) in [5.74, 6) is 0.384. The topological polar surface area (TPSA) is 72.2 Å². The van der Waals surface area contributed by atoms with Gasteiger partial charge >= 0.3 is 0 Å². The maximum Gasteiger partial charge on any atom is 0.224 e. The van der Waals surface area contributed by atoms with Crippen molar-refractivity contribution in [2.24, 2.45) is 5.92 Å². The molecule has 2 aromatic carbocycles. The van der Waals surface area contributed by atoms with Crippen molar-refractivity contribution in [3.05, 3.63) is 59.2 Å². The molecule has 0 aromatic heterocycles. The number of hydrogen-bond donors (Lipinski definition) is 2. The molecule has 4 nitrogen and oxygen atoms in total. The molecule has 0 fully saturated rings. The largest absolute Gasteiger partial charge is 0.399 e. The molecule has 3 N–H and O–H groups in total. The normalized spacial score (nSPS) is 10.7. The zero-order valence-electron chi connectivity index (χ0n) is 15.1. The Morgan fingerprint density at radius 1 is 1.04 bits per heavy atom. The molecule has 0 atom stereocenters. The van der Waals surface area contributed by atoms with Crippen molar-refractivity contribution in [2.45, 2.75) is 40.0 Å². The molecule has 4 heteroatoms. The van der Waals surface area contributed by atoms with Crippen LogP contribution in [0.5, 0.6) is 0 Å². The van der Waals surface area contributed by atoms with Crippen LogP contribution < -0.4 is 11.1 Å². The summed E-state index contributed by atoms with van der Waals surface area (Å²) in [6, 6.07) is 13.0. The zero-order chi connectivity index (χ0) is 18.4. The number of rotatable bonds is 7. The predicted octanol–water partition coefficient (Wildman–Crippen LogP) is 4.38. The van der Waals surface area contributed by atoms with E-state index in [0.29, 0.717) is 22.9 Å². The third-order valence-corrected chi connectivity index (χ3v) is 4.03. The van der Waals surface area contributed by atoms with Crippen molar-refractivity contribution in [1.82, 2.24) is 0 Å². The second-order valence-corrected chi connectivity index (χ2v) is 6.84. The number of nitrogen functional groups attached to an aromatic ring is 1. The number of benzene rings is 2. The molecule has 0 radical (unpaired) electrons. The van der Waals surface area contributed by atoms with Gasteiger partial charge in [0.2, 0.25) is 5.91 Å². The monoisotopic (exact) mass is 338 g/mol. The molecular weight excluding hydrogens is 312 g/mol. The third-order valence-electron chi connectivity index (χ3n) is 4.03. The molecule has 0 aliphatic rings. The average molecular weight is 338 g/mol. The van der Waals surface area contributed by atoms with E-state index in [1.165, 1.54) is 5.56 Å². The highest BCUT2D eigenvalue weighted by Crippen LogP contribution is 2.19. The summed E-state index contributed by atoms with van der Waals surface area (Å²) < 4.78 is 0. The van der Waals surface area contributed by atoms with E-state index in [1.54, 1.807) is 12.1 Å². The first-order valence-electron chi connectivity index (χ1n) is 8.63. The van der Waals surface area contributed by atoms with Crippen LogP contribution in [0.1, 0.15) is 48.2 Å². The summed E-state index contributed by atoms with van der Waals surface area (Å²) in [6.07, 6.45) is 1.34. The van der Waals surface area contributed by atoms with Crippen LogP contribution >= 0.6 is 0 Å². The highest BCUT2D eigenvalue weighted by atomic mass is 16.2. The van der Waals surface area contributed by atoms with Gasteiger partial charge in [-0.25, -0.2) is 0 Å². The molecule has 0 spiro atoms. The van der Waals surface area contributed by atoms with Crippen molar-refractivity contribution in [2.75, 3.05) is 11.1 Å². The lowest BCUT2D eigenvalue weighted by molar-refractivity contribution is -0.116. The lowest BCUT2D eigenvalue weighted by Crippen LogP contribution is -2.14. The fourth-order valence-corrected chi connectivity index (χ4v) is 2.66. The second-order valence-electron chi connectivity index (χ2n) is 6.84. The van der Waals surface area contributed by atoms with Crippen molar-refractivity contribution in [3.8, 4) is 0 Å². The Labute approximate surface area is 149 Å². The second kappa shape index (κ2) is 8.47. The van der Waals surface area contributed by atoms with Gasteiger partial charge in [-0.2, -0.15) is 0 Å². The number of nitrogens with one attached hydrogen (secondary N) is 1. The number of hydrogen-bond acceptors (Lipinski definition) is 3. The first-order valence-corrected chi connectivity index (χ1v) is 8.63. The number of carbonyl (C=O) groups excluding carboxylic acids is 2. The molecule has 0 saturated carbocycles. The number of anilines is 2. The molecule has 0 bridgehead atoms. The quantitative estimate of drug-likeness (QED) is 0.581. The van der Waals surface area contributed by atoms with E-state index in [1.807, 2.05) is 37.3 Å². The Morgan fingerprint density at radius 2 is 1.72 bits per heavy atom. The first-order chi connectivity index (χ1) is 11.8. The van der Waals surface area contributed by atoms with Crippen LogP contribution in [0.15, 0.2) is 42.5 Å². The van der Waals surface area contributed by atoms with E-state index in [-0.39, 0.29) is 24.5 Å². The number of carbonyl (C=O) groups is 2. The number of aryl methyl sites for hydroxylation is 1. The van der Waals surface area contributed by atoms with Gasteiger partial charge in [0.15, 0.2) is 5.78 Å². The smallest absolute Gasteiger partial charge is 0.224 e. The average Bonchev–Trinajstić information content (AvgIpc) is 2.56. The number of ketones is 1. The Morgan fingerprint density at radius 3 is 2.36 bits per heavy atom. The maximum absolute atomic E-state index is 12.3. The number of Topliss-reactive ketones (excluding diaryl/α,β-unsaturated/α-hetero) is 1. The third kappa shape index (κ3) is 5.75. The van der Waals surface area contributed by atoms with Crippen LogP contribution in [0, 0.1) is 12.8 Å². The number of amides is 1. The molecule has 132 valence electrons. The van der Waals surface area contributed by atoms with Gasteiger partial charge in [-0.05, 0) is 42.5 Å². The Balaban J connectivity index is 1.88. The highest BCUT2D eigenvalue weighted by molar-refractivity contribution is 6.00. The first kappa shape index (κ1) is 18.7. The van der Waals surface area contributed by atoms with Gasteiger partial charge in [0.05, 0.1) is 0 Å². The van der Waals surface area contributed by atoms with Gasteiger partial charge in [-0.15, -0.1) is 0 Å². The molecule has 0 saturated heterocycles. The van der Waals surface area contributed by atoms with Crippen LogP contribution in [0.2, 0.25) is 0 Å². The molecule has 25 heavy (non-hydrogen) atoms. The van der Waals surface area contributed by atoms with Crippen molar-refractivity contribution in [3.63, 3.8) is 0 Å².